The smallest absolute Gasteiger partial charge is 0.397 e. The highest BCUT2D eigenvalue weighted by atomic mass is 35.5. The number of aromatic hydroxyl groups is 1. The summed E-state index contributed by atoms with van der Waals surface area (Å²) in [5.74, 6) is -0.285. The van der Waals surface area contributed by atoms with E-state index in [2.05, 4.69) is 5.32 Å². The summed E-state index contributed by atoms with van der Waals surface area (Å²) in [6, 6.07) is 6.69. The Morgan fingerprint density at radius 1 is 1.21 bits per heavy atom. The molecule has 0 spiro atoms. The number of esters is 1. The number of carbonyl (C=O) groups is 2. The number of phenols is 1. The molecule has 1 aliphatic rings. The molecule has 6 nitrogen and oxygen atoms in total. The Kier molecular flexibility index (Phi) is 6.33. The number of fused-ring (bicyclic) bond motifs is 1. The fourth-order valence-electron chi connectivity index (χ4n) is 3.48. The molecule has 0 heterocycles. The van der Waals surface area contributed by atoms with E-state index in [1.807, 2.05) is 13.8 Å². The van der Waals surface area contributed by atoms with Crippen molar-refractivity contribution in [2.24, 2.45) is 0 Å². The van der Waals surface area contributed by atoms with Crippen molar-refractivity contribution in [2.75, 3.05) is 11.9 Å². The first-order valence-electron chi connectivity index (χ1n) is 9.64. The van der Waals surface area contributed by atoms with Gasteiger partial charge in [-0.25, -0.2) is 4.79 Å². The van der Waals surface area contributed by atoms with Gasteiger partial charge in [0.25, 0.3) is 0 Å². The zero-order valence-electron chi connectivity index (χ0n) is 16.7. The quantitative estimate of drug-likeness (QED) is 0.531. The average molecular weight is 418 g/mol. The second kappa shape index (κ2) is 8.74. The molecule has 0 saturated heterocycles. The van der Waals surface area contributed by atoms with Crippen LogP contribution >= 0.6 is 11.6 Å². The molecule has 1 aliphatic carbocycles. The maximum Gasteiger partial charge on any atom is 0.397 e. The molecule has 0 unspecified atom stereocenters. The first-order valence-corrected chi connectivity index (χ1v) is 10.0. The van der Waals surface area contributed by atoms with Crippen LogP contribution in [-0.4, -0.2) is 23.6 Å². The lowest BCUT2D eigenvalue weighted by Crippen LogP contribution is -2.25. The molecule has 1 amide bonds. The third-order valence-electron chi connectivity index (χ3n) is 4.85. The molecule has 7 heteroatoms. The molecular formula is C22H24ClNO5. The summed E-state index contributed by atoms with van der Waals surface area (Å²) in [6.45, 7) is 5.75. The van der Waals surface area contributed by atoms with Crippen LogP contribution < -0.4 is 10.1 Å². The monoisotopic (exact) mass is 417 g/mol. The van der Waals surface area contributed by atoms with E-state index in [1.54, 1.807) is 31.2 Å². The summed E-state index contributed by atoms with van der Waals surface area (Å²) >= 11 is 6.48. The Morgan fingerprint density at radius 3 is 2.62 bits per heavy atom. The van der Waals surface area contributed by atoms with Gasteiger partial charge in [-0.05, 0) is 61.9 Å². The Balaban J connectivity index is 1.92. The Labute approximate surface area is 174 Å². The number of rotatable bonds is 5. The Hall–Kier alpha value is -2.73. The SMILES string of the molecule is CCOC(=O)C(=O)Nc1cc(Cl)c(Oc2ccc(O)c(C(C)C)c2)c2c1CCC2. The van der Waals surface area contributed by atoms with E-state index in [0.717, 1.165) is 36.0 Å². The topological polar surface area (TPSA) is 84.9 Å². The predicted octanol–water partition coefficient (Wildman–Crippen LogP) is 4.95. The van der Waals surface area contributed by atoms with E-state index in [9.17, 15) is 14.7 Å². The molecule has 0 bridgehead atoms. The van der Waals surface area contributed by atoms with Crippen LogP contribution in [0.1, 0.15) is 49.8 Å². The van der Waals surface area contributed by atoms with E-state index >= 15 is 0 Å². The largest absolute Gasteiger partial charge is 0.508 e. The maximum absolute atomic E-state index is 12.0. The van der Waals surface area contributed by atoms with Crippen LogP contribution in [0.4, 0.5) is 5.69 Å². The number of hydrogen-bond acceptors (Lipinski definition) is 5. The van der Waals surface area contributed by atoms with Crippen molar-refractivity contribution in [1.29, 1.82) is 0 Å². The van der Waals surface area contributed by atoms with Crippen molar-refractivity contribution < 1.29 is 24.2 Å². The molecule has 0 radical (unpaired) electrons. The van der Waals surface area contributed by atoms with Crippen molar-refractivity contribution in [2.45, 2.75) is 46.0 Å². The third kappa shape index (κ3) is 4.48. The summed E-state index contributed by atoms with van der Waals surface area (Å²) in [7, 11) is 0. The number of carbonyl (C=O) groups excluding carboxylic acids is 2. The van der Waals surface area contributed by atoms with Crippen molar-refractivity contribution >= 4 is 29.2 Å². The summed E-state index contributed by atoms with van der Waals surface area (Å²) in [5.41, 5.74) is 3.11. The van der Waals surface area contributed by atoms with Gasteiger partial charge in [-0.3, -0.25) is 4.79 Å². The molecule has 2 aromatic rings. The molecule has 0 fully saturated rings. The van der Waals surface area contributed by atoms with Gasteiger partial charge < -0.3 is 19.9 Å². The molecule has 154 valence electrons. The number of anilines is 1. The zero-order chi connectivity index (χ0) is 21.1. The van der Waals surface area contributed by atoms with E-state index in [4.69, 9.17) is 21.1 Å². The fraction of sp³-hybridized carbons (Fsp3) is 0.364. The normalized spacial score (nSPS) is 12.6. The number of benzene rings is 2. The number of amides is 1. The molecule has 0 saturated carbocycles. The molecule has 29 heavy (non-hydrogen) atoms. The van der Waals surface area contributed by atoms with E-state index < -0.39 is 11.9 Å². The van der Waals surface area contributed by atoms with Gasteiger partial charge in [0, 0.05) is 16.8 Å². The van der Waals surface area contributed by atoms with E-state index in [1.165, 1.54) is 0 Å². The summed E-state index contributed by atoms with van der Waals surface area (Å²) in [5, 5.41) is 13.0. The molecule has 3 rings (SSSR count). The Bertz CT molecular complexity index is 955. The van der Waals surface area contributed by atoms with Gasteiger partial charge in [0.05, 0.1) is 11.6 Å². The van der Waals surface area contributed by atoms with Crippen LogP contribution in [0.5, 0.6) is 17.2 Å². The number of nitrogens with one attached hydrogen (secondary N) is 1. The van der Waals surface area contributed by atoms with Gasteiger partial charge in [0.15, 0.2) is 0 Å². The van der Waals surface area contributed by atoms with Crippen molar-refractivity contribution in [3.05, 3.63) is 46.0 Å². The summed E-state index contributed by atoms with van der Waals surface area (Å²) in [4.78, 5) is 23.7. The van der Waals surface area contributed by atoms with Crippen LogP contribution in [0.25, 0.3) is 0 Å². The minimum absolute atomic E-state index is 0.128. The predicted molar refractivity (Wildman–Crippen MR) is 111 cm³/mol. The number of halogens is 1. The molecule has 2 N–H and O–H groups in total. The van der Waals surface area contributed by atoms with Crippen LogP contribution in [0.2, 0.25) is 5.02 Å². The maximum atomic E-state index is 12.0. The van der Waals surface area contributed by atoms with Crippen molar-refractivity contribution in [3.8, 4) is 17.2 Å². The lowest BCUT2D eigenvalue weighted by molar-refractivity contribution is -0.152. The number of phenolic OH excluding ortho intramolecular Hbond substituents is 1. The van der Waals surface area contributed by atoms with Crippen LogP contribution in [0.15, 0.2) is 24.3 Å². The van der Waals surface area contributed by atoms with Gasteiger partial charge in [-0.15, -0.1) is 0 Å². The first-order chi connectivity index (χ1) is 13.8. The van der Waals surface area contributed by atoms with Crippen LogP contribution in [0, 0.1) is 0 Å². The van der Waals surface area contributed by atoms with Gasteiger partial charge in [0.1, 0.15) is 17.2 Å². The highest BCUT2D eigenvalue weighted by Gasteiger charge is 2.26. The molecule has 0 aliphatic heterocycles. The lowest BCUT2D eigenvalue weighted by atomic mass is 10.0. The van der Waals surface area contributed by atoms with Crippen molar-refractivity contribution in [3.63, 3.8) is 0 Å². The summed E-state index contributed by atoms with van der Waals surface area (Å²) in [6.07, 6.45) is 2.39. The van der Waals surface area contributed by atoms with E-state index in [-0.39, 0.29) is 18.3 Å². The third-order valence-corrected chi connectivity index (χ3v) is 5.14. The van der Waals surface area contributed by atoms with Gasteiger partial charge in [-0.1, -0.05) is 25.4 Å². The number of hydrogen-bond donors (Lipinski definition) is 2. The second-order valence-electron chi connectivity index (χ2n) is 7.20. The second-order valence-corrected chi connectivity index (χ2v) is 7.60. The minimum Gasteiger partial charge on any atom is -0.508 e. The molecule has 2 aromatic carbocycles. The zero-order valence-corrected chi connectivity index (χ0v) is 17.4. The average Bonchev–Trinajstić information content (AvgIpc) is 3.16. The first kappa shape index (κ1) is 21.0. The molecule has 0 aromatic heterocycles. The molecular weight excluding hydrogens is 394 g/mol. The summed E-state index contributed by atoms with van der Waals surface area (Å²) < 4.78 is 10.8. The highest BCUT2D eigenvalue weighted by Crippen LogP contribution is 2.44. The minimum atomic E-state index is -0.930. The molecule has 0 atom stereocenters. The van der Waals surface area contributed by atoms with Gasteiger partial charge >= 0.3 is 11.9 Å². The van der Waals surface area contributed by atoms with Gasteiger partial charge in [-0.2, -0.15) is 0 Å². The van der Waals surface area contributed by atoms with Crippen LogP contribution in [0.3, 0.4) is 0 Å². The fourth-order valence-corrected chi connectivity index (χ4v) is 3.75. The Morgan fingerprint density at radius 2 is 1.93 bits per heavy atom. The van der Waals surface area contributed by atoms with E-state index in [0.29, 0.717) is 22.2 Å². The highest BCUT2D eigenvalue weighted by molar-refractivity contribution is 6.38. The van der Waals surface area contributed by atoms with Crippen molar-refractivity contribution in [1.82, 2.24) is 0 Å². The van der Waals surface area contributed by atoms with Crippen LogP contribution in [-0.2, 0) is 27.2 Å². The standard InChI is InChI=1S/C22H24ClNO5/c1-4-28-22(27)21(26)24-18-11-17(23)20(15-7-5-6-14(15)18)29-13-8-9-19(25)16(10-13)12(2)3/h8-12,25H,4-7H2,1-3H3,(H,24,26). The van der Waals surface area contributed by atoms with Gasteiger partial charge in [0.2, 0.25) is 0 Å². The number of ether oxygens (including phenoxy) is 2. The lowest BCUT2D eigenvalue weighted by Gasteiger charge is -2.17.